The van der Waals surface area contributed by atoms with Gasteiger partial charge in [-0.1, -0.05) is 6.07 Å². The van der Waals surface area contributed by atoms with Gasteiger partial charge in [-0.25, -0.2) is 17.1 Å². The maximum atomic E-state index is 13.2. The maximum Gasteiger partial charge on any atom is 0.211 e. The van der Waals surface area contributed by atoms with Gasteiger partial charge in [0.25, 0.3) is 0 Å². The van der Waals surface area contributed by atoms with Gasteiger partial charge in [-0.2, -0.15) is 0 Å². The Hall–Kier alpha value is -0.850. The van der Waals surface area contributed by atoms with Gasteiger partial charge >= 0.3 is 0 Å². The van der Waals surface area contributed by atoms with Gasteiger partial charge in [0.15, 0.2) is 0 Å². The smallest absolute Gasteiger partial charge is 0.211 e. The van der Waals surface area contributed by atoms with Crippen LogP contribution in [-0.4, -0.2) is 38.6 Å². The highest BCUT2D eigenvalue weighted by Crippen LogP contribution is 2.44. The molecule has 7 heteroatoms. The van der Waals surface area contributed by atoms with E-state index in [9.17, 15) is 12.8 Å². The molecule has 0 radical (unpaired) electrons. The third-order valence-corrected chi connectivity index (χ3v) is 5.62. The summed E-state index contributed by atoms with van der Waals surface area (Å²) in [4.78, 5) is 0. The fourth-order valence-corrected chi connectivity index (χ4v) is 4.02. The molecule has 2 aliphatic heterocycles. The van der Waals surface area contributed by atoms with Crippen LogP contribution in [0.1, 0.15) is 18.4 Å². The highest BCUT2D eigenvalue weighted by Gasteiger charge is 2.42. The zero-order valence-electron chi connectivity index (χ0n) is 11.2. The van der Waals surface area contributed by atoms with Gasteiger partial charge in [0.2, 0.25) is 10.0 Å². The summed E-state index contributed by atoms with van der Waals surface area (Å²) in [5, 5.41) is 3.25. The van der Waals surface area contributed by atoms with Crippen molar-refractivity contribution in [2.75, 3.05) is 31.2 Å². The van der Waals surface area contributed by atoms with Gasteiger partial charge < -0.3 is 5.32 Å². The molecule has 1 aromatic carbocycles. The van der Waals surface area contributed by atoms with Gasteiger partial charge in [-0.15, -0.1) is 12.4 Å². The maximum absolute atomic E-state index is 13.2. The molecule has 0 amide bonds. The summed E-state index contributed by atoms with van der Waals surface area (Å²) in [5.74, 6) is -0.239. The van der Waals surface area contributed by atoms with Gasteiger partial charge in [-0.3, -0.25) is 0 Å². The molecule has 20 heavy (non-hydrogen) atoms. The molecular weight excluding hydrogens is 303 g/mol. The van der Waals surface area contributed by atoms with E-state index in [1.165, 1.54) is 22.7 Å². The molecule has 1 spiro atoms. The SMILES string of the molecule is CS(=O)(=O)N1CCC2(CC1)CNc1cc(F)ccc12.Cl. The molecule has 2 heterocycles. The van der Waals surface area contributed by atoms with Crippen LogP contribution in [0.15, 0.2) is 18.2 Å². The largest absolute Gasteiger partial charge is 0.384 e. The normalized spacial score (nSPS) is 21.1. The first-order valence-electron chi connectivity index (χ1n) is 6.40. The molecule has 1 fully saturated rings. The molecule has 2 aliphatic rings. The summed E-state index contributed by atoms with van der Waals surface area (Å²) < 4.78 is 37.8. The fourth-order valence-electron chi connectivity index (χ4n) is 3.18. The third kappa shape index (κ3) is 2.52. The summed E-state index contributed by atoms with van der Waals surface area (Å²) in [7, 11) is -3.10. The summed E-state index contributed by atoms with van der Waals surface area (Å²) in [6.07, 6.45) is 2.82. The molecule has 3 rings (SSSR count). The summed E-state index contributed by atoms with van der Waals surface area (Å²) in [5.41, 5.74) is 1.94. The van der Waals surface area contributed by atoms with Gasteiger partial charge in [-0.05, 0) is 30.5 Å². The van der Waals surface area contributed by atoms with E-state index < -0.39 is 10.0 Å². The number of anilines is 1. The molecule has 0 bridgehead atoms. The zero-order chi connectivity index (χ0) is 13.7. The third-order valence-electron chi connectivity index (χ3n) is 4.32. The number of halogens is 2. The monoisotopic (exact) mass is 320 g/mol. The summed E-state index contributed by atoms with van der Waals surface area (Å²) in [6.45, 7) is 1.85. The Bertz CT molecular complexity index is 613. The van der Waals surface area contributed by atoms with Crippen LogP contribution in [0.5, 0.6) is 0 Å². The number of rotatable bonds is 1. The minimum absolute atomic E-state index is 0. The van der Waals surface area contributed by atoms with Crippen molar-refractivity contribution in [2.45, 2.75) is 18.3 Å². The van der Waals surface area contributed by atoms with Gasteiger partial charge in [0.05, 0.1) is 6.26 Å². The Balaban J connectivity index is 0.00000147. The summed E-state index contributed by atoms with van der Waals surface area (Å²) in [6, 6.07) is 4.84. The molecule has 1 N–H and O–H groups in total. The average Bonchev–Trinajstić information content (AvgIpc) is 2.67. The lowest BCUT2D eigenvalue weighted by molar-refractivity contribution is 0.250. The zero-order valence-corrected chi connectivity index (χ0v) is 12.9. The van der Waals surface area contributed by atoms with Crippen LogP contribution >= 0.6 is 12.4 Å². The van der Waals surface area contributed by atoms with Crippen LogP contribution in [0.4, 0.5) is 10.1 Å². The van der Waals surface area contributed by atoms with Crippen molar-refractivity contribution in [3.05, 3.63) is 29.6 Å². The van der Waals surface area contributed by atoms with Crippen molar-refractivity contribution in [2.24, 2.45) is 0 Å². The second kappa shape index (κ2) is 5.16. The van der Waals surface area contributed by atoms with E-state index in [1.807, 2.05) is 6.07 Å². The molecule has 0 atom stereocenters. The highest BCUT2D eigenvalue weighted by atomic mass is 35.5. The van der Waals surface area contributed by atoms with Crippen molar-refractivity contribution in [3.8, 4) is 0 Å². The quantitative estimate of drug-likeness (QED) is 0.860. The average molecular weight is 321 g/mol. The van der Waals surface area contributed by atoms with Crippen molar-refractivity contribution in [3.63, 3.8) is 0 Å². The van der Waals surface area contributed by atoms with Crippen LogP contribution in [0.2, 0.25) is 0 Å². The number of sulfonamides is 1. The van der Waals surface area contributed by atoms with Crippen molar-refractivity contribution < 1.29 is 12.8 Å². The van der Waals surface area contributed by atoms with Crippen molar-refractivity contribution in [1.82, 2.24) is 4.31 Å². The van der Waals surface area contributed by atoms with E-state index in [2.05, 4.69) is 5.32 Å². The highest BCUT2D eigenvalue weighted by molar-refractivity contribution is 7.88. The lowest BCUT2D eigenvalue weighted by Gasteiger charge is -2.38. The van der Waals surface area contributed by atoms with Gasteiger partial charge in [0, 0.05) is 30.7 Å². The second-order valence-corrected chi connectivity index (χ2v) is 7.47. The van der Waals surface area contributed by atoms with E-state index in [0.717, 1.165) is 30.6 Å². The van der Waals surface area contributed by atoms with Crippen LogP contribution in [-0.2, 0) is 15.4 Å². The van der Waals surface area contributed by atoms with E-state index in [0.29, 0.717) is 13.1 Å². The van der Waals surface area contributed by atoms with E-state index in [-0.39, 0.29) is 23.6 Å². The Morgan fingerprint density at radius 3 is 2.55 bits per heavy atom. The van der Waals surface area contributed by atoms with Crippen LogP contribution < -0.4 is 5.32 Å². The lowest BCUT2D eigenvalue weighted by Crippen LogP contribution is -2.45. The standard InChI is InChI=1S/C13H17FN2O2S.ClH/c1-19(17,18)16-6-4-13(5-7-16)9-15-12-8-10(14)2-3-11(12)13;/h2-3,8,15H,4-7,9H2,1H3;1H. The van der Waals surface area contributed by atoms with Crippen molar-refractivity contribution >= 4 is 28.1 Å². The number of nitrogens with zero attached hydrogens (tertiary/aromatic N) is 1. The Morgan fingerprint density at radius 2 is 1.95 bits per heavy atom. The lowest BCUT2D eigenvalue weighted by atomic mass is 9.75. The van der Waals surface area contributed by atoms with Crippen molar-refractivity contribution in [1.29, 1.82) is 0 Å². The molecule has 1 saturated heterocycles. The molecule has 112 valence electrons. The molecule has 0 aliphatic carbocycles. The minimum Gasteiger partial charge on any atom is -0.384 e. The fraction of sp³-hybridized carbons (Fsp3) is 0.538. The van der Waals surface area contributed by atoms with E-state index in [4.69, 9.17) is 0 Å². The molecule has 0 saturated carbocycles. The van der Waals surface area contributed by atoms with Crippen LogP contribution in [0.3, 0.4) is 0 Å². The molecule has 0 aromatic heterocycles. The number of hydrogen-bond donors (Lipinski definition) is 1. The molecule has 4 nitrogen and oxygen atoms in total. The van der Waals surface area contributed by atoms with E-state index >= 15 is 0 Å². The van der Waals surface area contributed by atoms with Crippen LogP contribution in [0.25, 0.3) is 0 Å². The Kier molecular flexibility index (Phi) is 4.01. The second-order valence-electron chi connectivity index (χ2n) is 5.49. The molecule has 1 aromatic rings. The minimum atomic E-state index is -3.10. The first-order valence-corrected chi connectivity index (χ1v) is 8.25. The predicted molar refractivity (Wildman–Crippen MR) is 79.5 cm³/mol. The Labute approximate surface area is 124 Å². The van der Waals surface area contributed by atoms with Gasteiger partial charge in [0.1, 0.15) is 5.82 Å². The van der Waals surface area contributed by atoms with Crippen LogP contribution in [0, 0.1) is 5.82 Å². The number of fused-ring (bicyclic) bond motifs is 2. The number of nitrogens with one attached hydrogen (secondary N) is 1. The molecule has 0 unspecified atom stereocenters. The predicted octanol–water partition coefficient (Wildman–Crippen LogP) is 1.97. The number of hydrogen-bond acceptors (Lipinski definition) is 3. The first-order chi connectivity index (χ1) is 8.91. The Morgan fingerprint density at radius 1 is 1.30 bits per heavy atom. The summed E-state index contributed by atoms with van der Waals surface area (Å²) >= 11 is 0. The topological polar surface area (TPSA) is 49.4 Å². The number of benzene rings is 1. The number of piperidine rings is 1. The molecular formula is C13H18ClFN2O2S. The first kappa shape index (κ1) is 15.5. The van der Waals surface area contributed by atoms with E-state index in [1.54, 1.807) is 0 Å².